The topological polar surface area (TPSA) is 85.9 Å². The lowest BCUT2D eigenvalue weighted by Gasteiger charge is -2.08. The summed E-state index contributed by atoms with van der Waals surface area (Å²) in [6.07, 6.45) is 1.39. The maximum Gasteiger partial charge on any atom is 0.246 e. The van der Waals surface area contributed by atoms with Crippen LogP contribution in [-0.4, -0.2) is 49.5 Å². The molecule has 27 heavy (non-hydrogen) atoms. The van der Waals surface area contributed by atoms with Gasteiger partial charge in [0, 0.05) is 19.5 Å². The van der Waals surface area contributed by atoms with Gasteiger partial charge in [0.25, 0.3) is 0 Å². The Bertz CT molecular complexity index is 539. The van der Waals surface area contributed by atoms with Crippen molar-refractivity contribution in [3.8, 4) is 0 Å². The number of ether oxygens (including phenoxy) is 3. The molecule has 1 aromatic carbocycles. The minimum atomic E-state index is -0.167. The van der Waals surface area contributed by atoms with Crippen molar-refractivity contribution in [3.05, 3.63) is 35.4 Å². The Hall–Kier alpha value is -1.23. The average Bonchev–Trinajstić information content (AvgIpc) is 2.68. The van der Waals surface area contributed by atoms with Crippen LogP contribution in [0.4, 0.5) is 0 Å². The van der Waals surface area contributed by atoms with E-state index < -0.39 is 0 Å². The highest BCUT2D eigenvalue weighted by Gasteiger charge is 2.03. The molecule has 0 spiro atoms. The van der Waals surface area contributed by atoms with Gasteiger partial charge >= 0.3 is 0 Å². The molecule has 0 atom stereocenters. The lowest BCUT2D eigenvalue weighted by Crippen LogP contribution is -2.27. The molecule has 8 heteroatoms. The molecule has 0 saturated heterocycles. The predicted octanol–water partition coefficient (Wildman–Crippen LogP) is 2.16. The smallest absolute Gasteiger partial charge is 0.246 e. The number of halogens is 1. The van der Waals surface area contributed by atoms with Gasteiger partial charge in [0.15, 0.2) is 0 Å². The minimum Gasteiger partial charge on any atom is -0.377 e. The van der Waals surface area contributed by atoms with E-state index in [1.54, 1.807) is 0 Å². The minimum absolute atomic E-state index is 0.00908. The standard InChI is InChI=1S/C19H29IN2O5/c1-2-3-18(23)21-12-16-4-6-17(7-5-16)13-22-19(24)14-26-10-8-25-9-11-27-15-20/h4-7H,2-3,8-15H2,1H3,(H,21,23)(H,22,24). The largest absolute Gasteiger partial charge is 0.377 e. The van der Waals surface area contributed by atoms with Gasteiger partial charge in [-0.15, -0.1) is 0 Å². The fraction of sp³-hybridized carbons (Fsp3) is 0.579. The normalized spacial score (nSPS) is 10.6. The molecule has 152 valence electrons. The van der Waals surface area contributed by atoms with Crippen molar-refractivity contribution in [2.24, 2.45) is 0 Å². The number of amides is 2. The number of carbonyl (C=O) groups is 2. The Morgan fingerprint density at radius 3 is 1.93 bits per heavy atom. The monoisotopic (exact) mass is 492 g/mol. The van der Waals surface area contributed by atoms with E-state index in [1.807, 2.05) is 31.2 Å². The van der Waals surface area contributed by atoms with Gasteiger partial charge in [0.05, 0.1) is 31.0 Å². The van der Waals surface area contributed by atoms with Crippen molar-refractivity contribution in [1.82, 2.24) is 10.6 Å². The second kappa shape index (κ2) is 15.8. The Morgan fingerprint density at radius 2 is 1.37 bits per heavy atom. The highest BCUT2D eigenvalue weighted by Crippen LogP contribution is 2.04. The van der Waals surface area contributed by atoms with Crippen molar-refractivity contribution in [2.45, 2.75) is 32.9 Å². The van der Waals surface area contributed by atoms with Crippen LogP contribution in [0.25, 0.3) is 0 Å². The molecule has 0 unspecified atom stereocenters. The number of hydrogen-bond donors (Lipinski definition) is 2. The second-order valence-electron chi connectivity index (χ2n) is 5.80. The van der Waals surface area contributed by atoms with Gasteiger partial charge in [-0.25, -0.2) is 0 Å². The molecule has 1 rings (SSSR count). The van der Waals surface area contributed by atoms with Crippen molar-refractivity contribution in [1.29, 1.82) is 0 Å². The highest BCUT2D eigenvalue weighted by atomic mass is 127. The molecule has 0 heterocycles. The number of hydrogen-bond acceptors (Lipinski definition) is 5. The number of carbonyl (C=O) groups excluding carboxylic acids is 2. The third kappa shape index (κ3) is 12.7. The first-order valence-electron chi connectivity index (χ1n) is 9.06. The third-order valence-corrected chi connectivity index (χ3v) is 3.97. The molecule has 0 saturated carbocycles. The maximum atomic E-state index is 11.8. The van der Waals surface area contributed by atoms with E-state index in [1.165, 1.54) is 0 Å². The van der Waals surface area contributed by atoms with Crippen molar-refractivity contribution >= 4 is 34.4 Å². The lowest BCUT2D eigenvalue weighted by molar-refractivity contribution is -0.126. The molecule has 7 nitrogen and oxygen atoms in total. The number of rotatable bonds is 15. The average molecular weight is 492 g/mol. The lowest BCUT2D eigenvalue weighted by atomic mass is 10.1. The molecule has 2 N–H and O–H groups in total. The first-order chi connectivity index (χ1) is 13.2. The van der Waals surface area contributed by atoms with Gasteiger partial charge in [0.1, 0.15) is 6.61 Å². The summed E-state index contributed by atoms with van der Waals surface area (Å²) >= 11 is 2.13. The molecular formula is C19H29IN2O5. The molecule has 0 aromatic heterocycles. The molecule has 0 radical (unpaired) electrons. The van der Waals surface area contributed by atoms with Crippen LogP contribution in [-0.2, 0) is 36.9 Å². The summed E-state index contributed by atoms with van der Waals surface area (Å²) in [6, 6.07) is 7.77. The van der Waals surface area contributed by atoms with E-state index in [4.69, 9.17) is 14.2 Å². The predicted molar refractivity (Wildman–Crippen MR) is 112 cm³/mol. The van der Waals surface area contributed by atoms with Gasteiger partial charge in [-0.1, -0.05) is 53.8 Å². The van der Waals surface area contributed by atoms with Gasteiger partial charge in [0.2, 0.25) is 11.8 Å². The Balaban J connectivity index is 2.10. The molecule has 0 aliphatic heterocycles. The number of benzene rings is 1. The summed E-state index contributed by atoms with van der Waals surface area (Å²) in [6.45, 7) is 4.84. The molecule has 2 amide bonds. The molecule has 1 aromatic rings. The summed E-state index contributed by atoms with van der Waals surface area (Å²) in [4.78, 5) is 23.2. The first kappa shape index (κ1) is 23.8. The van der Waals surface area contributed by atoms with Crippen LogP contribution in [0.5, 0.6) is 0 Å². The van der Waals surface area contributed by atoms with Crippen LogP contribution in [0.2, 0.25) is 0 Å². The van der Waals surface area contributed by atoms with Crippen molar-refractivity contribution < 1.29 is 23.8 Å². The fourth-order valence-electron chi connectivity index (χ4n) is 2.10. The number of nitrogens with one attached hydrogen (secondary N) is 2. The van der Waals surface area contributed by atoms with Crippen molar-refractivity contribution in [2.75, 3.05) is 37.6 Å². The van der Waals surface area contributed by atoms with E-state index in [0.717, 1.165) is 17.5 Å². The van der Waals surface area contributed by atoms with Crippen LogP contribution >= 0.6 is 22.6 Å². The van der Waals surface area contributed by atoms with Crippen LogP contribution in [0, 0.1) is 0 Å². The van der Waals surface area contributed by atoms with Gasteiger partial charge < -0.3 is 24.8 Å². The summed E-state index contributed by atoms with van der Waals surface area (Å²) in [5.74, 6) is -0.104. The Morgan fingerprint density at radius 1 is 0.852 bits per heavy atom. The molecule has 0 bridgehead atoms. The van der Waals surface area contributed by atoms with E-state index in [0.29, 0.717) is 50.6 Å². The van der Waals surface area contributed by atoms with E-state index >= 15 is 0 Å². The van der Waals surface area contributed by atoms with Crippen LogP contribution in [0.3, 0.4) is 0 Å². The highest BCUT2D eigenvalue weighted by molar-refractivity contribution is 14.1. The molecule has 0 aliphatic rings. The SMILES string of the molecule is CCCC(=O)NCc1ccc(CNC(=O)COCCOCCOCI)cc1. The first-order valence-corrected chi connectivity index (χ1v) is 10.6. The molecule has 0 fully saturated rings. The van der Waals surface area contributed by atoms with Crippen molar-refractivity contribution in [3.63, 3.8) is 0 Å². The Labute approximate surface area is 174 Å². The summed E-state index contributed by atoms with van der Waals surface area (Å²) in [5, 5.41) is 5.68. The molecular weight excluding hydrogens is 463 g/mol. The summed E-state index contributed by atoms with van der Waals surface area (Å²) in [5.41, 5.74) is 2.02. The van der Waals surface area contributed by atoms with E-state index in [2.05, 4.69) is 33.2 Å². The molecule has 0 aliphatic carbocycles. The van der Waals surface area contributed by atoms with Crippen LogP contribution in [0.15, 0.2) is 24.3 Å². The van der Waals surface area contributed by atoms with Crippen LogP contribution in [0.1, 0.15) is 30.9 Å². The number of alkyl halides is 1. The quantitative estimate of drug-likeness (QED) is 0.223. The fourth-order valence-corrected chi connectivity index (χ4v) is 2.41. The van der Waals surface area contributed by atoms with Gasteiger partial charge in [-0.05, 0) is 17.5 Å². The maximum absolute atomic E-state index is 11.8. The van der Waals surface area contributed by atoms with Gasteiger partial charge in [-0.2, -0.15) is 0 Å². The zero-order valence-electron chi connectivity index (χ0n) is 15.8. The van der Waals surface area contributed by atoms with E-state index in [-0.39, 0.29) is 18.4 Å². The van der Waals surface area contributed by atoms with Gasteiger partial charge in [-0.3, -0.25) is 9.59 Å². The Kier molecular flexibility index (Phi) is 13.9. The summed E-state index contributed by atoms with van der Waals surface area (Å²) < 4.78 is 16.3. The van der Waals surface area contributed by atoms with Crippen LogP contribution < -0.4 is 10.6 Å². The summed E-state index contributed by atoms with van der Waals surface area (Å²) in [7, 11) is 0. The second-order valence-corrected chi connectivity index (χ2v) is 6.43. The van der Waals surface area contributed by atoms with E-state index in [9.17, 15) is 9.59 Å². The zero-order chi connectivity index (χ0) is 19.7. The zero-order valence-corrected chi connectivity index (χ0v) is 18.0. The third-order valence-electron chi connectivity index (χ3n) is 3.53.